The number of rotatable bonds is 5. The number of carbonyl (C=O) groups is 2. The Morgan fingerprint density at radius 1 is 1.27 bits per heavy atom. The third-order valence-corrected chi connectivity index (χ3v) is 7.45. The van der Waals surface area contributed by atoms with Crippen LogP contribution in [0.2, 0.25) is 0 Å². The van der Waals surface area contributed by atoms with Crippen LogP contribution in [0.1, 0.15) is 37.0 Å². The molecule has 0 aromatic carbocycles. The number of piperidine rings is 2. The lowest BCUT2D eigenvalue weighted by atomic mass is 9.90. The minimum absolute atomic E-state index is 0.0643. The van der Waals surface area contributed by atoms with Gasteiger partial charge >= 0.3 is 0 Å². The van der Waals surface area contributed by atoms with E-state index in [0.717, 1.165) is 64.7 Å². The number of hydrogen-bond donors (Lipinski definition) is 2. The Balaban J connectivity index is 1.19. The molecule has 0 radical (unpaired) electrons. The standard InChI is InChI=1S/C20H29N3O2S/c24-18(22-8-3-16-2-1-13-26-16)15-4-11-23(12-5-15)19(25)17-14-20(17)6-9-21-10-7-20/h1-2,13,15,17,21H,3-12,14H2,(H,22,24). The van der Waals surface area contributed by atoms with E-state index in [-0.39, 0.29) is 17.7 Å². The van der Waals surface area contributed by atoms with E-state index >= 15 is 0 Å². The summed E-state index contributed by atoms with van der Waals surface area (Å²) in [5.41, 5.74) is 0.304. The van der Waals surface area contributed by atoms with Crippen molar-refractivity contribution >= 4 is 23.2 Å². The van der Waals surface area contributed by atoms with E-state index in [1.54, 1.807) is 11.3 Å². The van der Waals surface area contributed by atoms with Crippen molar-refractivity contribution in [3.05, 3.63) is 22.4 Å². The third kappa shape index (κ3) is 3.81. The summed E-state index contributed by atoms with van der Waals surface area (Å²) in [5, 5.41) is 8.54. The monoisotopic (exact) mass is 375 g/mol. The molecule has 1 unspecified atom stereocenters. The molecule has 6 heteroatoms. The first kappa shape index (κ1) is 18.0. The minimum Gasteiger partial charge on any atom is -0.355 e. The van der Waals surface area contributed by atoms with Gasteiger partial charge in [-0.2, -0.15) is 0 Å². The van der Waals surface area contributed by atoms with Crippen LogP contribution in [-0.4, -0.2) is 49.4 Å². The van der Waals surface area contributed by atoms with Gasteiger partial charge in [0, 0.05) is 36.3 Å². The molecule has 2 N–H and O–H groups in total. The Morgan fingerprint density at radius 3 is 2.73 bits per heavy atom. The second-order valence-corrected chi connectivity index (χ2v) is 9.12. The predicted octanol–water partition coefficient (Wildman–Crippen LogP) is 2.04. The van der Waals surface area contributed by atoms with E-state index in [2.05, 4.69) is 22.1 Å². The number of amides is 2. The van der Waals surface area contributed by atoms with Crippen molar-refractivity contribution in [2.24, 2.45) is 17.3 Å². The van der Waals surface area contributed by atoms with Crippen LogP contribution in [0.4, 0.5) is 0 Å². The molecule has 1 aromatic rings. The van der Waals surface area contributed by atoms with Gasteiger partial charge in [-0.3, -0.25) is 9.59 Å². The fourth-order valence-electron chi connectivity index (χ4n) is 4.66. The number of likely N-dealkylation sites (tertiary alicyclic amines) is 1. The molecule has 3 heterocycles. The first-order valence-electron chi connectivity index (χ1n) is 9.98. The Bertz CT molecular complexity index is 631. The van der Waals surface area contributed by atoms with Gasteiger partial charge in [-0.15, -0.1) is 11.3 Å². The van der Waals surface area contributed by atoms with E-state index in [1.165, 1.54) is 4.88 Å². The van der Waals surface area contributed by atoms with Crippen LogP contribution < -0.4 is 10.6 Å². The van der Waals surface area contributed by atoms with Gasteiger partial charge in [0.05, 0.1) is 0 Å². The van der Waals surface area contributed by atoms with Gasteiger partial charge in [0.25, 0.3) is 0 Å². The molecule has 2 aliphatic heterocycles. The Morgan fingerprint density at radius 2 is 2.04 bits per heavy atom. The number of hydrogen-bond acceptors (Lipinski definition) is 4. The van der Waals surface area contributed by atoms with Crippen LogP contribution in [0.3, 0.4) is 0 Å². The van der Waals surface area contributed by atoms with Crippen molar-refractivity contribution in [2.45, 2.75) is 38.5 Å². The van der Waals surface area contributed by atoms with Crippen LogP contribution in [-0.2, 0) is 16.0 Å². The second-order valence-electron chi connectivity index (χ2n) is 8.09. The van der Waals surface area contributed by atoms with Crippen molar-refractivity contribution in [2.75, 3.05) is 32.7 Å². The molecule has 1 aliphatic carbocycles. The first-order chi connectivity index (χ1) is 12.7. The van der Waals surface area contributed by atoms with Gasteiger partial charge in [0.1, 0.15) is 0 Å². The van der Waals surface area contributed by atoms with E-state index in [4.69, 9.17) is 0 Å². The summed E-state index contributed by atoms with van der Waals surface area (Å²) in [7, 11) is 0. The lowest BCUT2D eigenvalue weighted by Crippen LogP contribution is -2.44. The van der Waals surface area contributed by atoms with Gasteiger partial charge in [-0.25, -0.2) is 0 Å². The van der Waals surface area contributed by atoms with Crippen molar-refractivity contribution in [1.82, 2.24) is 15.5 Å². The molecular weight excluding hydrogens is 346 g/mol. The lowest BCUT2D eigenvalue weighted by molar-refractivity contribution is -0.137. The fourth-order valence-corrected chi connectivity index (χ4v) is 5.37. The highest BCUT2D eigenvalue weighted by Crippen LogP contribution is 2.59. The Hall–Kier alpha value is -1.40. The molecule has 5 nitrogen and oxygen atoms in total. The maximum atomic E-state index is 12.8. The van der Waals surface area contributed by atoms with Gasteiger partial charge in [-0.1, -0.05) is 6.07 Å². The van der Waals surface area contributed by atoms with Gasteiger partial charge < -0.3 is 15.5 Å². The summed E-state index contributed by atoms with van der Waals surface area (Å²) >= 11 is 1.73. The topological polar surface area (TPSA) is 61.4 Å². The zero-order valence-corrected chi connectivity index (χ0v) is 16.2. The summed E-state index contributed by atoms with van der Waals surface area (Å²) in [6.07, 6.45) is 5.88. The predicted molar refractivity (Wildman–Crippen MR) is 103 cm³/mol. The summed E-state index contributed by atoms with van der Waals surface area (Å²) in [6, 6.07) is 4.15. The van der Waals surface area contributed by atoms with Crippen LogP contribution in [0.5, 0.6) is 0 Å². The van der Waals surface area contributed by atoms with Crippen LogP contribution in [0.25, 0.3) is 0 Å². The molecule has 4 rings (SSSR count). The second kappa shape index (κ2) is 7.69. The molecule has 3 fully saturated rings. The van der Waals surface area contributed by atoms with Crippen molar-refractivity contribution in [3.63, 3.8) is 0 Å². The highest BCUT2D eigenvalue weighted by Gasteiger charge is 2.58. The zero-order chi connectivity index (χ0) is 18.0. The largest absolute Gasteiger partial charge is 0.355 e. The molecule has 2 saturated heterocycles. The van der Waals surface area contributed by atoms with Crippen LogP contribution in [0, 0.1) is 17.3 Å². The Kier molecular flexibility index (Phi) is 5.32. The average molecular weight is 376 g/mol. The number of nitrogens with one attached hydrogen (secondary N) is 2. The molecule has 1 saturated carbocycles. The molecule has 1 atom stereocenters. The van der Waals surface area contributed by atoms with E-state index in [1.807, 2.05) is 11.0 Å². The maximum Gasteiger partial charge on any atom is 0.226 e. The summed E-state index contributed by atoms with van der Waals surface area (Å²) < 4.78 is 0. The normalized spacial score (nSPS) is 25.2. The zero-order valence-electron chi connectivity index (χ0n) is 15.3. The van der Waals surface area contributed by atoms with Crippen molar-refractivity contribution in [3.8, 4) is 0 Å². The maximum absolute atomic E-state index is 12.8. The van der Waals surface area contributed by atoms with E-state index < -0.39 is 0 Å². The molecule has 1 spiro atoms. The molecule has 3 aliphatic rings. The first-order valence-corrected chi connectivity index (χ1v) is 10.9. The smallest absolute Gasteiger partial charge is 0.226 e. The van der Waals surface area contributed by atoms with Gasteiger partial charge in [0.15, 0.2) is 0 Å². The van der Waals surface area contributed by atoms with Gasteiger partial charge in [-0.05, 0) is 68.5 Å². The average Bonchev–Trinajstić information content (AvgIpc) is 3.11. The molecule has 1 aromatic heterocycles. The molecular formula is C20H29N3O2S. The summed E-state index contributed by atoms with van der Waals surface area (Å²) in [6.45, 7) is 4.30. The third-order valence-electron chi connectivity index (χ3n) is 6.52. The molecule has 26 heavy (non-hydrogen) atoms. The minimum atomic E-state index is 0.0643. The SMILES string of the molecule is O=C(NCCc1cccs1)C1CCN(C(=O)C2CC23CCNCC3)CC1. The van der Waals surface area contributed by atoms with E-state index in [9.17, 15) is 9.59 Å². The number of carbonyl (C=O) groups excluding carboxylic acids is 2. The number of thiophene rings is 1. The van der Waals surface area contributed by atoms with Crippen molar-refractivity contribution < 1.29 is 9.59 Å². The van der Waals surface area contributed by atoms with E-state index in [0.29, 0.717) is 17.9 Å². The fraction of sp³-hybridized carbons (Fsp3) is 0.700. The summed E-state index contributed by atoms with van der Waals surface area (Å²) in [5.74, 6) is 0.827. The Labute approximate surface area is 159 Å². The van der Waals surface area contributed by atoms with Crippen molar-refractivity contribution in [1.29, 1.82) is 0 Å². The number of nitrogens with zero attached hydrogens (tertiary/aromatic N) is 1. The quantitative estimate of drug-likeness (QED) is 0.828. The molecule has 0 bridgehead atoms. The van der Waals surface area contributed by atoms with Gasteiger partial charge in [0.2, 0.25) is 11.8 Å². The van der Waals surface area contributed by atoms with Crippen LogP contribution in [0.15, 0.2) is 17.5 Å². The highest BCUT2D eigenvalue weighted by molar-refractivity contribution is 7.09. The molecule has 142 valence electrons. The summed E-state index contributed by atoms with van der Waals surface area (Å²) in [4.78, 5) is 28.5. The van der Waals surface area contributed by atoms with Crippen LogP contribution >= 0.6 is 11.3 Å². The molecule has 2 amide bonds. The lowest BCUT2D eigenvalue weighted by Gasteiger charge is -2.32. The highest BCUT2D eigenvalue weighted by atomic mass is 32.1.